The fraction of sp³-hybridized carbons (Fsp3) is 0.714. The van der Waals surface area contributed by atoms with Crippen LogP contribution in [0.4, 0.5) is 0 Å². The van der Waals surface area contributed by atoms with Crippen molar-refractivity contribution in [3.05, 3.63) is 27.9 Å². The van der Waals surface area contributed by atoms with E-state index >= 15 is 0 Å². The van der Waals surface area contributed by atoms with E-state index in [1.54, 1.807) is 0 Å². The number of ether oxygens (including phenoxy) is 1. The summed E-state index contributed by atoms with van der Waals surface area (Å²) in [5.41, 5.74) is 7.71. The summed E-state index contributed by atoms with van der Waals surface area (Å²) in [6.45, 7) is 32.6. The number of benzene rings is 1. The van der Waals surface area contributed by atoms with Gasteiger partial charge < -0.3 is 9.30 Å². The summed E-state index contributed by atoms with van der Waals surface area (Å²) in [4.78, 5) is 2.70. The van der Waals surface area contributed by atoms with Crippen molar-refractivity contribution in [3.8, 4) is 5.75 Å². The first-order valence-electron chi connectivity index (χ1n) is 11.7. The molecule has 0 N–H and O–H groups in total. The molecule has 1 aromatic heterocycles. The van der Waals surface area contributed by atoms with Gasteiger partial charge in [0.15, 0.2) is 0 Å². The number of aryl methyl sites for hydroxylation is 2. The van der Waals surface area contributed by atoms with Crippen LogP contribution >= 0.6 is 0 Å². The van der Waals surface area contributed by atoms with Crippen molar-refractivity contribution in [2.24, 2.45) is 7.05 Å². The Balaban J connectivity index is 3.05. The van der Waals surface area contributed by atoms with Gasteiger partial charge >= 0.3 is 0 Å². The molecule has 0 saturated heterocycles. The smallest absolute Gasteiger partial charge is 0.131 e. The minimum atomic E-state index is -0.140. The molecular weight excluding hydrogens is 380 g/mol. The first-order valence-corrected chi connectivity index (χ1v) is 11.7. The Labute approximate surface area is 192 Å². The molecule has 0 aliphatic rings. The van der Waals surface area contributed by atoms with Crippen LogP contribution in [0.5, 0.6) is 5.75 Å². The third-order valence-electron chi connectivity index (χ3n) is 7.99. The minimum absolute atomic E-state index is 0.0179. The lowest BCUT2D eigenvalue weighted by Gasteiger charge is -2.60. The fourth-order valence-corrected chi connectivity index (χ4v) is 6.57. The van der Waals surface area contributed by atoms with Gasteiger partial charge in [0.05, 0.1) is 12.6 Å². The van der Waals surface area contributed by atoms with Gasteiger partial charge in [-0.05, 0) is 105 Å². The molecule has 1 heterocycles. The van der Waals surface area contributed by atoms with E-state index in [2.05, 4.69) is 113 Å². The first kappa shape index (κ1) is 25.8. The Hall–Kier alpha value is -1.48. The van der Waals surface area contributed by atoms with E-state index in [1.165, 1.54) is 38.9 Å². The number of fused-ring (bicyclic) bond motifs is 1. The van der Waals surface area contributed by atoms with Crippen molar-refractivity contribution < 1.29 is 4.74 Å². The van der Waals surface area contributed by atoms with Gasteiger partial charge in [-0.1, -0.05) is 13.8 Å². The molecule has 0 amide bonds. The number of aromatic nitrogens is 1. The summed E-state index contributed by atoms with van der Waals surface area (Å²) < 4.78 is 8.46. The Kier molecular flexibility index (Phi) is 6.27. The SMILES string of the molecule is COc1c(C)c(C)c(C)c2c1c(C(C)(C)C(C)(C)N(C(C)(C)C)C(C)(C)C)c(C)n2C. The number of nitrogens with zero attached hydrogens (tertiary/aromatic N) is 2. The second kappa shape index (κ2) is 7.54. The second-order valence-electron chi connectivity index (χ2n) is 12.5. The maximum Gasteiger partial charge on any atom is 0.131 e. The number of rotatable bonds is 4. The van der Waals surface area contributed by atoms with Crippen molar-refractivity contribution in [2.45, 2.75) is 119 Å². The highest BCUT2D eigenvalue weighted by Crippen LogP contribution is 2.51. The van der Waals surface area contributed by atoms with Crippen LogP contribution in [-0.2, 0) is 12.5 Å². The largest absolute Gasteiger partial charge is 0.496 e. The van der Waals surface area contributed by atoms with Crippen LogP contribution < -0.4 is 4.74 Å². The Bertz CT molecular complexity index is 977. The van der Waals surface area contributed by atoms with Crippen LogP contribution in [0.1, 0.15) is 97.2 Å². The maximum atomic E-state index is 6.08. The molecule has 1 aromatic carbocycles. The zero-order valence-electron chi connectivity index (χ0n) is 23.3. The van der Waals surface area contributed by atoms with E-state index in [9.17, 15) is 0 Å². The molecule has 31 heavy (non-hydrogen) atoms. The van der Waals surface area contributed by atoms with Crippen molar-refractivity contribution in [3.63, 3.8) is 0 Å². The van der Waals surface area contributed by atoms with Crippen LogP contribution in [0.25, 0.3) is 10.9 Å². The third kappa shape index (κ3) is 3.71. The average Bonchev–Trinajstić information content (AvgIpc) is 2.82. The quantitative estimate of drug-likeness (QED) is 0.505. The van der Waals surface area contributed by atoms with Gasteiger partial charge in [-0.2, -0.15) is 0 Å². The van der Waals surface area contributed by atoms with Gasteiger partial charge in [0.2, 0.25) is 0 Å². The highest BCUT2D eigenvalue weighted by Gasteiger charge is 2.52. The van der Waals surface area contributed by atoms with E-state index in [0.717, 1.165) is 5.75 Å². The molecule has 0 atom stereocenters. The minimum Gasteiger partial charge on any atom is -0.496 e. The standard InChI is InChI=1S/C28H48N2O/c1-17-18(2)23-21(24(31-16)19(17)3)22(20(4)29(23)15)27(11,12)28(13,14)30(25(5,6)7)26(8,9)10/h1-16H3. The van der Waals surface area contributed by atoms with Crippen molar-refractivity contribution in [2.75, 3.05) is 7.11 Å². The van der Waals surface area contributed by atoms with Gasteiger partial charge in [-0.25, -0.2) is 0 Å². The maximum absolute atomic E-state index is 6.08. The van der Waals surface area contributed by atoms with Gasteiger partial charge in [-0.3, -0.25) is 4.90 Å². The Morgan fingerprint density at radius 2 is 1.16 bits per heavy atom. The lowest BCUT2D eigenvalue weighted by Crippen LogP contribution is -2.68. The molecule has 0 aliphatic carbocycles. The van der Waals surface area contributed by atoms with Crippen LogP contribution in [0, 0.1) is 27.7 Å². The van der Waals surface area contributed by atoms with Gasteiger partial charge in [0.1, 0.15) is 5.75 Å². The summed E-state index contributed by atoms with van der Waals surface area (Å²) in [7, 11) is 4.02. The Morgan fingerprint density at radius 1 is 0.710 bits per heavy atom. The lowest BCUT2D eigenvalue weighted by molar-refractivity contribution is -0.0809. The molecule has 0 bridgehead atoms. The number of hydrogen-bond acceptors (Lipinski definition) is 2. The molecule has 0 saturated carbocycles. The summed E-state index contributed by atoms with van der Waals surface area (Å²) in [5, 5.41) is 1.28. The van der Waals surface area contributed by atoms with E-state index < -0.39 is 0 Å². The van der Waals surface area contributed by atoms with Crippen molar-refractivity contribution in [1.29, 1.82) is 0 Å². The van der Waals surface area contributed by atoms with Crippen LogP contribution in [0.15, 0.2) is 0 Å². The molecule has 3 heteroatoms. The summed E-state index contributed by atoms with van der Waals surface area (Å²) in [5.74, 6) is 1.03. The zero-order chi connectivity index (χ0) is 24.5. The van der Waals surface area contributed by atoms with Gasteiger partial charge in [0, 0.05) is 40.2 Å². The lowest BCUT2D eigenvalue weighted by atomic mass is 9.65. The third-order valence-corrected chi connectivity index (χ3v) is 7.99. The normalized spacial score (nSPS) is 14.1. The van der Waals surface area contributed by atoms with Gasteiger partial charge in [-0.15, -0.1) is 0 Å². The summed E-state index contributed by atoms with van der Waals surface area (Å²) in [6.07, 6.45) is 0. The molecular formula is C28H48N2O. The monoisotopic (exact) mass is 428 g/mol. The first-order chi connectivity index (χ1) is 13.7. The van der Waals surface area contributed by atoms with Gasteiger partial charge in [0.25, 0.3) is 0 Å². The molecule has 2 rings (SSSR count). The second-order valence-corrected chi connectivity index (χ2v) is 12.5. The van der Waals surface area contributed by atoms with Crippen LogP contribution in [0.2, 0.25) is 0 Å². The summed E-state index contributed by atoms with van der Waals surface area (Å²) in [6, 6.07) is 0. The molecule has 0 unspecified atom stereocenters. The van der Waals surface area contributed by atoms with E-state index in [-0.39, 0.29) is 22.0 Å². The molecule has 2 aromatic rings. The van der Waals surface area contributed by atoms with Crippen LogP contribution in [0.3, 0.4) is 0 Å². The average molecular weight is 429 g/mol. The predicted molar refractivity (Wildman–Crippen MR) is 137 cm³/mol. The van der Waals surface area contributed by atoms with E-state index in [0.29, 0.717) is 0 Å². The molecule has 0 fully saturated rings. The molecule has 0 radical (unpaired) electrons. The fourth-order valence-electron chi connectivity index (χ4n) is 6.57. The van der Waals surface area contributed by atoms with Crippen molar-refractivity contribution in [1.82, 2.24) is 9.47 Å². The predicted octanol–water partition coefficient (Wildman–Crippen LogP) is 7.38. The highest BCUT2D eigenvalue weighted by atomic mass is 16.5. The zero-order valence-corrected chi connectivity index (χ0v) is 23.3. The molecule has 3 nitrogen and oxygen atoms in total. The number of methoxy groups -OCH3 is 1. The van der Waals surface area contributed by atoms with E-state index in [1.807, 2.05) is 7.11 Å². The number of hydrogen-bond donors (Lipinski definition) is 0. The molecule has 0 spiro atoms. The van der Waals surface area contributed by atoms with E-state index in [4.69, 9.17) is 4.74 Å². The van der Waals surface area contributed by atoms with Crippen molar-refractivity contribution >= 4 is 10.9 Å². The topological polar surface area (TPSA) is 17.4 Å². The molecule has 176 valence electrons. The van der Waals surface area contributed by atoms with Crippen LogP contribution in [-0.4, -0.2) is 33.2 Å². The molecule has 0 aliphatic heterocycles. The highest BCUT2D eigenvalue weighted by molar-refractivity contribution is 5.96. The summed E-state index contributed by atoms with van der Waals surface area (Å²) >= 11 is 0. The Morgan fingerprint density at radius 3 is 1.55 bits per heavy atom.